The summed E-state index contributed by atoms with van der Waals surface area (Å²) in [5.41, 5.74) is 0.533. The number of aliphatic hydroxyl groups is 1. The van der Waals surface area contributed by atoms with Crippen LogP contribution in [0.25, 0.3) is 0 Å². The number of rotatable bonds is 1. The molecule has 5 heteroatoms. The zero-order chi connectivity index (χ0) is 15.6. The largest absolute Gasteiger partial charge is 0.444 e. The predicted octanol–water partition coefficient (Wildman–Crippen LogP) is 3.43. The van der Waals surface area contributed by atoms with Crippen molar-refractivity contribution in [2.24, 2.45) is 0 Å². The third kappa shape index (κ3) is 4.35. The second-order valence-corrected chi connectivity index (χ2v) is 6.88. The molecule has 4 nitrogen and oxygen atoms in total. The first kappa shape index (κ1) is 16.1. The number of β-amino-alcohol motifs (C(OH)–C–C–N with tert-alkyl or cyclic N) is 1. The van der Waals surface area contributed by atoms with Gasteiger partial charge < -0.3 is 14.7 Å². The van der Waals surface area contributed by atoms with E-state index in [1.165, 1.54) is 0 Å². The third-order valence-electron chi connectivity index (χ3n) is 3.53. The highest BCUT2D eigenvalue weighted by molar-refractivity contribution is 6.30. The fourth-order valence-corrected chi connectivity index (χ4v) is 2.65. The van der Waals surface area contributed by atoms with Crippen LogP contribution in [-0.2, 0) is 4.74 Å². The van der Waals surface area contributed by atoms with Crippen LogP contribution in [0.5, 0.6) is 0 Å². The second-order valence-electron chi connectivity index (χ2n) is 6.44. The Balaban J connectivity index is 1.99. The molecule has 0 saturated carbocycles. The number of carbonyl (C=O) groups excluding carboxylic acids is 1. The van der Waals surface area contributed by atoms with E-state index in [4.69, 9.17) is 16.3 Å². The van der Waals surface area contributed by atoms with Gasteiger partial charge in [-0.05, 0) is 44.9 Å². The Morgan fingerprint density at radius 2 is 1.95 bits per heavy atom. The molecule has 1 N–H and O–H groups in total. The van der Waals surface area contributed by atoms with Crippen molar-refractivity contribution in [1.29, 1.82) is 0 Å². The lowest BCUT2D eigenvalue weighted by Gasteiger charge is -2.36. The SMILES string of the molecule is CC(C)(C)OC(=O)N1CC[C@H](c2ccc(Cl)cc2)[C@H](O)C1. The summed E-state index contributed by atoms with van der Waals surface area (Å²) in [4.78, 5) is 13.6. The van der Waals surface area contributed by atoms with E-state index in [9.17, 15) is 9.90 Å². The summed E-state index contributed by atoms with van der Waals surface area (Å²) in [5.74, 6) is 0.0287. The summed E-state index contributed by atoms with van der Waals surface area (Å²) in [6.07, 6.45) is -0.245. The molecule has 1 aliphatic rings. The van der Waals surface area contributed by atoms with Crippen LogP contribution in [0, 0.1) is 0 Å². The number of halogens is 1. The highest BCUT2D eigenvalue weighted by Gasteiger charge is 2.33. The third-order valence-corrected chi connectivity index (χ3v) is 3.78. The fraction of sp³-hybridized carbons (Fsp3) is 0.562. The number of benzene rings is 1. The molecule has 21 heavy (non-hydrogen) atoms. The number of piperidine rings is 1. The summed E-state index contributed by atoms with van der Waals surface area (Å²) in [6, 6.07) is 7.51. The van der Waals surface area contributed by atoms with Crippen LogP contribution in [0.3, 0.4) is 0 Å². The maximum absolute atomic E-state index is 12.0. The van der Waals surface area contributed by atoms with Crippen molar-refractivity contribution in [3.05, 3.63) is 34.9 Å². The average molecular weight is 312 g/mol. The van der Waals surface area contributed by atoms with Gasteiger partial charge in [0.2, 0.25) is 0 Å². The second kappa shape index (κ2) is 6.24. The maximum Gasteiger partial charge on any atom is 0.410 e. The molecular weight excluding hydrogens is 290 g/mol. The first-order valence-electron chi connectivity index (χ1n) is 7.18. The molecule has 0 spiro atoms. The maximum atomic E-state index is 12.0. The van der Waals surface area contributed by atoms with E-state index in [-0.39, 0.29) is 12.0 Å². The van der Waals surface area contributed by atoms with E-state index in [0.29, 0.717) is 24.5 Å². The minimum atomic E-state index is -0.590. The van der Waals surface area contributed by atoms with Crippen LogP contribution in [-0.4, -0.2) is 40.9 Å². The smallest absolute Gasteiger partial charge is 0.410 e. The molecule has 116 valence electrons. The van der Waals surface area contributed by atoms with Crippen molar-refractivity contribution in [2.75, 3.05) is 13.1 Å². The Labute approximate surface area is 130 Å². The van der Waals surface area contributed by atoms with Crippen LogP contribution in [0.4, 0.5) is 4.79 Å². The topological polar surface area (TPSA) is 49.8 Å². The van der Waals surface area contributed by atoms with Crippen molar-refractivity contribution in [3.63, 3.8) is 0 Å². The van der Waals surface area contributed by atoms with Gasteiger partial charge in [0.25, 0.3) is 0 Å². The van der Waals surface area contributed by atoms with Crippen LogP contribution in [0.15, 0.2) is 24.3 Å². The van der Waals surface area contributed by atoms with Gasteiger partial charge in [0.05, 0.1) is 12.6 Å². The Morgan fingerprint density at radius 3 is 2.48 bits per heavy atom. The van der Waals surface area contributed by atoms with E-state index >= 15 is 0 Å². The molecule has 0 unspecified atom stereocenters. The normalized spacial score (nSPS) is 23.0. The van der Waals surface area contributed by atoms with Crippen LogP contribution in [0.1, 0.15) is 38.7 Å². The number of amides is 1. The summed E-state index contributed by atoms with van der Waals surface area (Å²) in [7, 11) is 0. The number of nitrogens with zero attached hydrogens (tertiary/aromatic N) is 1. The lowest BCUT2D eigenvalue weighted by atomic mass is 9.87. The van der Waals surface area contributed by atoms with Crippen molar-refractivity contribution >= 4 is 17.7 Å². The Hall–Kier alpha value is -1.26. The number of hydrogen-bond donors (Lipinski definition) is 1. The Morgan fingerprint density at radius 1 is 1.33 bits per heavy atom. The number of hydrogen-bond acceptors (Lipinski definition) is 3. The van der Waals surface area contributed by atoms with Crippen molar-refractivity contribution < 1.29 is 14.6 Å². The molecular formula is C16H22ClNO3. The monoisotopic (exact) mass is 311 g/mol. The van der Waals surface area contributed by atoms with Gasteiger partial charge in [-0.25, -0.2) is 4.79 Å². The highest BCUT2D eigenvalue weighted by atomic mass is 35.5. The molecule has 1 amide bonds. The van der Waals surface area contributed by atoms with Crippen molar-refractivity contribution in [3.8, 4) is 0 Å². The molecule has 0 radical (unpaired) electrons. The highest BCUT2D eigenvalue weighted by Crippen LogP contribution is 2.29. The summed E-state index contributed by atoms with van der Waals surface area (Å²) >= 11 is 5.88. The van der Waals surface area contributed by atoms with E-state index in [1.54, 1.807) is 4.90 Å². The minimum Gasteiger partial charge on any atom is -0.444 e. The lowest BCUT2D eigenvalue weighted by molar-refractivity contribution is -0.00151. The number of aliphatic hydroxyl groups excluding tert-OH is 1. The molecule has 0 aliphatic carbocycles. The predicted molar refractivity (Wildman–Crippen MR) is 82.6 cm³/mol. The van der Waals surface area contributed by atoms with E-state index in [1.807, 2.05) is 45.0 Å². The van der Waals surface area contributed by atoms with Gasteiger partial charge in [-0.3, -0.25) is 0 Å². The standard InChI is InChI=1S/C16H22ClNO3/c1-16(2,3)21-15(20)18-9-8-13(14(19)10-18)11-4-6-12(17)7-5-11/h4-7,13-14,19H,8-10H2,1-3H3/t13-,14-/m1/s1. The van der Waals surface area contributed by atoms with Gasteiger partial charge in [0, 0.05) is 17.5 Å². The van der Waals surface area contributed by atoms with Gasteiger partial charge >= 0.3 is 6.09 Å². The molecule has 2 rings (SSSR count). The van der Waals surface area contributed by atoms with Crippen LogP contribution >= 0.6 is 11.6 Å². The zero-order valence-electron chi connectivity index (χ0n) is 12.7. The molecule has 1 heterocycles. The molecule has 1 aromatic carbocycles. The quantitative estimate of drug-likeness (QED) is 0.864. The van der Waals surface area contributed by atoms with E-state index in [0.717, 1.165) is 5.56 Å². The Kier molecular flexibility index (Phi) is 4.79. The van der Waals surface area contributed by atoms with Crippen molar-refractivity contribution in [1.82, 2.24) is 4.90 Å². The molecule has 2 atom stereocenters. The molecule has 1 fully saturated rings. The van der Waals surface area contributed by atoms with E-state index in [2.05, 4.69) is 0 Å². The first-order valence-corrected chi connectivity index (χ1v) is 7.55. The molecule has 1 aliphatic heterocycles. The van der Waals surface area contributed by atoms with Gasteiger partial charge in [0.15, 0.2) is 0 Å². The van der Waals surface area contributed by atoms with Crippen molar-refractivity contribution in [2.45, 2.75) is 44.8 Å². The molecule has 0 aromatic heterocycles. The van der Waals surface area contributed by atoms with Crippen LogP contribution < -0.4 is 0 Å². The Bertz CT molecular complexity index is 495. The summed E-state index contributed by atoms with van der Waals surface area (Å²) in [6.45, 7) is 6.38. The van der Waals surface area contributed by atoms with E-state index < -0.39 is 11.7 Å². The van der Waals surface area contributed by atoms with Gasteiger partial charge in [0.1, 0.15) is 5.60 Å². The fourth-order valence-electron chi connectivity index (χ4n) is 2.52. The summed E-state index contributed by atoms with van der Waals surface area (Å²) < 4.78 is 5.34. The molecule has 1 saturated heterocycles. The van der Waals surface area contributed by atoms with Gasteiger partial charge in [-0.1, -0.05) is 23.7 Å². The minimum absolute atomic E-state index is 0.0287. The number of ether oxygens (including phenoxy) is 1. The van der Waals surface area contributed by atoms with Crippen LogP contribution in [0.2, 0.25) is 5.02 Å². The molecule has 1 aromatic rings. The molecule has 0 bridgehead atoms. The zero-order valence-corrected chi connectivity index (χ0v) is 13.4. The van der Waals surface area contributed by atoms with Gasteiger partial charge in [-0.2, -0.15) is 0 Å². The summed E-state index contributed by atoms with van der Waals surface area (Å²) in [5, 5.41) is 11.0. The first-order chi connectivity index (χ1) is 9.76. The average Bonchev–Trinajstić information content (AvgIpc) is 2.38. The number of likely N-dealkylation sites (tertiary alicyclic amines) is 1. The number of carbonyl (C=O) groups is 1. The lowest BCUT2D eigenvalue weighted by Crippen LogP contribution is -2.47. The van der Waals surface area contributed by atoms with Gasteiger partial charge in [-0.15, -0.1) is 0 Å².